The Balaban J connectivity index is 1.74. The van der Waals surface area contributed by atoms with Crippen molar-refractivity contribution in [2.75, 3.05) is 40.0 Å². The van der Waals surface area contributed by atoms with Crippen molar-refractivity contribution < 1.29 is 14.6 Å². The first-order valence-corrected chi connectivity index (χ1v) is 7.67. The van der Waals surface area contributed by atoms with Gasteiger partial charge in [0.25, 0.3) is 0 Å². The monoisotopic (exact) mass is 293 g/mol. The molecule has 21 heavy (non-hydrogen) atoms. The van der Waals surface area contributed by atoms with Crippen molar-refractivity contribution in [1.29, 1.82) is 0 Å². The third kappa shape index (κ3) is 5.30. The lowest BCUT2D eigenvalue weighted by Crippen LogP contribution is -2.46. The fraction of sp³-hybridized carbons (Fsp3) is 0.647. The van der Waals surface area contributed by atoms with Gasteiger partial charge >= 0.3 is 0 Å². The molecule has 2 rings (SSSR count). The van der Waals surface area contributed by atoms with Crippen molar-refractivity contribution in [3.05, 3.63) is 29.3 Å². The molecule has 4 nitrogen and oxygen atoms in total. The van der Waals surface area contributed by atoms with Gasteiger partial charge < -0.3 is 19.5 Å². The van der Waals surface area contributed by atoms with Gasteiger partial charge in [-0.05, 0) is 44.2 Å². The summed E-state index contributed by atoms with van der Waals surface area (Å²) in [5.41, 5.74) is 1.83. The highest BCUT2D eigenvalue weighted by Crippen LogP contribution is 2.21. The number of likely N-dealkylation sites (N-methyl/N-ethyl adjacent to an activating group) is 1. The van der Waals surface area contributed by atoms with E-state index < -0.39 is 5.60 Å². The molecular weight excluding hydrogens is 266 g/mol. The predicted octanol–water partition coefficient (Wildman–Crippen LogP) is 2.16. The number of aliphatic hydroxyl groups is 1. The van der Waals surface area contributed by atoms with Gasteiger partial charge in [-0.2, -0.15) is 0 Å². The summed E-state index contributed by atoms with van der Waals surface area (Å²) in [7, 11) is 2.03. The molecule has 0 bridgehead atoms. The molecule has 0 saturated carbocycles. The summed E-state index contributed by atoms with van der Waals surface area (Å²) in [5.74, 6) is 0.922. The van der Waals surface area contributed by atoms with Gasteiger partial charge in [0.05, 0.1) is 5.60 Å². The summed E-state index contributed by atoms with van der Waals surface area (Å²) in [5, 5.41) is 10.5. The van der Waals surface area contributed by atoms with E-state index in [2.05, 4.69) is 36.9 Å². The second kappa shape index (κ2) is 7.25. The molecule has 0 unspecified atom stereocenters. The van der Waals surface area contributed by atoms with Crippen LogP contribution in [-0.2, 0) is 4.74 Å². The Morgan fingerprint density at radius 2 is 1.81 bits per heavy atom. The fourth-order valence-electron chi connectivity index (χ4n) is 2.83. The highest BCUT2D eigenvalue weighted by Gasteiger charge is 2.30. The first-order chi connectivity index (χ1) is 9.97. The molecule has 0 aliphatic carbocycles. The maximum atomic E-state index is 10.5. The van der Waals surface area contributed by atoms with Crippen molar-refractivity contribution in [1.82, 2.24) is 4.90 Å². The van der Waals surface area contributed by atoms with E-state index in [1.165, 1.54) is 11.1 Å². The SMILES string of the molecule is Cc1cc(C)cc(OCCN(C)CC2(O)CCOCC2)c1. The molecule has 0 radical (unpaired) electrons. The van der Waals surface area contributed by atoms with Crippen molar-refractivity contribution in [3.63, 3.8) is 0 Å². The minimum absolute atomic E-state index is 0.604. The lowest BCUT2D eigenvalue weighted by atomic mass is 9.94. The normalized spacial score (nSPS) is 18.0. The van der Waals surface area contributed by atoms with Crippen molar-refractivity contribution >= 4 is 0 Å². The largest absolute Gasteiger partial charge is 0.492 e. The van der Waals surface area contributed by atoms with Gasteiger partial charge in [-0.1, -0.05) is 6.07 Å². The second-order valence-corrected chi connectivity index (χ2v) is 6.25. The highest BCUT2D eigenvalue weighted by atomic mass is 16.5. The lowest BCUT2D eigenvalue weighted by Gasteiger charge is -2.35. The molecule has 1 fully saturated rings. The van der Waals surface area contributed by atoms with Gasteiger partial charge in [0, 0.05) is 39.1 Å². The van der Waals surface area contributed by atoms with E-state index in [9.17, 15) is 5.11 Å². The van der Waals surface area contributed by atoms with Gasteiger partial charge in [-0.25, -0.2) is 0 Å². The number of ether oxygens (including phenoxy) is 2. The van der Waals surface area contributed by atoms with Crippen LogP contribution in [0, 0.1) is 13.8 Å². The number of hydrogen-bond acceptors (Lipinski definition) is 4. The summed E-state index contributed by atoms with van der Waals surface area (Å²) in [4.78, 5) is 2.13. The van der Waals surface area contributed by atoms with Crippen LogP contribution in [0.1, 0.15) is 24.0 Å². The zero-order chi connectivity index (χ0) is 15.3. The van der Waals surface area contributed by atoms with E-state index in [4.69, 9.17) is 9.47 Å². The van der Waals surface area contributed by atoms with Crippen molar-refractivity contribution in [2.45, 2.75) is 32.3 Å². The van der Waals surface area contributed by atoms with Gasteiger partial charge in [0.2, 0.25) is 0 Å². The molecule has 0 spiro atoms. The van der Waals surface area contributed by atoms with Crippen LogP contribution in [0.3, 0.4) is 0 Å². The molecule has 1 aliphatic rings. The zero-order valence-electron chi connectivity index (χ0n) is 13.4. The minimum Gasteiger partial charge on any atom is -0.492 e. The molecule has 4 heteroatoms. The van der Waals surface area contributed by atoms with Crippen LogP contribution in [0.4, 0.5) is 0 Å². The first-order valence-electron chi connectivity index (χ1n) is 7.67. The van der Waals surface area contributed by atoms with Crippen LogP contribution >= 0.6 is 0 Å². The molecule has 1 heterocycles. The van der Waals surface area contributed by atoms with Crippen LogP contribution in [0.15, 0.2) is 18.2 Å². The minimum atomic E-state index is -0.604. The van der Waals surface area contributed by atoms with Crippen LogP contribution in [0.5, 0.6) is 5.75 Å². The lowest BCUT2D eigenvalue weighted by molar-refractivity contribution is -0.0775. The molecule has 1 aliphatic heterocycles. The smallest absolute Gasteiger partial charge is 0.119 e. The summed E-state index contributed by atoms with van der Waals surface area (Å²) in [6.07, 6.45) is 1.44. The van der Waals surface area contributed by atoms with Crippen LogP contribution in [0.2, 0.25) is 0 Å². The van der Waals surface area contributed by atoms with Crippen molar-refractivity contribution in [2.24, 2.45) is 0 Å². The topological polar surface area (TPSA) is 41.9 Å². The van der Waals surface area contributed by atoms with E-state index in [0.29, 0.717) is 26.4 Å². The van der Waals surface area contributed by atoms with E-state index in [0.717, 1.165) is 25.1 Å². The summed E-state index contributed by atoms with van der Waals surface area (Å²) in [6, 6.07) is 6.25. The third-order valence-electron chi connectivity index (χ3n) is 3.92. The van der Waals surface area contributed by atoms with E-state index in [-0.39, 0.29) is 0 Å². The third-order valence-corrected chi connectivity index (χ3v) is 3.92. The number of aryl methyl sites for hydroxylation is 2. The number of nitrogens with zero attached hydrogens (tertiary/aromatic N) is 1. The Hall–Kier alpha value is -1.10. The summed E-state index contributed by atoms with van der Waals surface area (Å²) in [6.45, 7) is 7.57. The Morgan fingerprint density at radius 1 is 1.19 bits per heavy atom. The number of benzene rings is 1. The predicted molar refractivity (Wildman–Crippen MR) is 83.9 cm³/mol. The Bertz CT molecular complexity index is 435. The Kier molecular flexibility index (Phi) is 5.62. The second-order valence-electron chi connectivity index (χ2n) is 6.25. The standard InChI is InChI=1S/C17H27NO3/c1-14-10-15(2)12-16(11-14)21-9-6-18(3)13-17(19)4-7-20-8-5-17/h10-12,19H,4-9,13H2,1-3H3. The fourth-order valence-corrected chi connectivity index (χ4v) is 2.83. The Morgan fingerprint density at radius 3 is 2.43 bits per heavy atom. The van der Waals surface area contributed by atoms with E-state index in [1.807, 2.05) is 7.05 Å². The van der Waals surface area contributed by atoms with Crippen molar-refractivity contribution in [3.8, 4) is 5.75 Å². The first kappa shape index (κ1) is 16.3. The molecule has 1 aromatic carbocycles. The van der Waals surface area contributed by atoms with E-state index in [1.54, 1.807) is 0 Å². The molecule has 118 valence electrons. The van der Waals surface area contributed by atoms with Gasteiger partial charge in [0.15, 0.2) is 0 Å². The highest BCUT2D eigenvalue weighted by molar-refractivity contribution is 5.32. The molecule has 1 aromatic rings. The maximum absolute atomic E-state index is 10.5. The molecular formula is C17H27NO3. The average molecular weight is 293 g/mol. The van der Waals surface area contributed by atoms with Gasteiger partial charge in [-0.15, -0.1) is 0 Å². The maximum Gasteiger partial charge on any atom is 0.119 e. The van der Waals surface area contributed by atoms with Crippen LogP contribution in [0.25, 0.3) is 0 Å². The Labute approximate surface area is 127 Å². The molecule has 0 aromatic heterocycles. The van der Waals surface area contributed by atoms with Crippen LogP contribution < -0.4 is 4.74 Å². The summed E-state index contributed by atoms with van der Waals surface area (Å²) < 4.78 is 11.1. The quantitative estimate of drug-likeness (QED) is 0.873. The average Bonchev–Trinajstić information content (AvgIpc) is 2.37. The zero-order valence-corrected chi connectivity index (χ0v) is 13.4. The summed E-state index contributed by atoms with van der Waals surface area (Å²) >= 11 is 0. The van der Waals surface area contributed by atoms with Gasteiger partial charge in [-0.3, -0.25) is 0 Å². The molecule has 1 saturated heterocycles. The van der Waals surface area contributed by atoms with E-state index >= 15 is 0 Å². The number of hydrogen-bond donors (Lipinski definition) is 1. The van der Waals surface area contributed by atoms with Gasteiger partial charge in [0.1, 0.15) is 12.4 Å². The van der Waals surface area contributed by atoms with Crippen LogP contribution in [-0.4, -0.2) is 55.6 Å². The molecule has 0 amide bonds. The number of rotatable bonds is 6. The molecule has 1 N–H and O–H groups in total. The molecule has 0 atom stereocenters.